The molecule has 15 aliphatic rings. The number of imide groups is 3. The van der Waals surface area contributed by atoms with Crippen LogP contribution in [0.4, 0.5) is 0 Å². The lowest BCUT2D eigenvalue weighted by molar-refractivity contribution is -0.300. The highest BCUT2D eigenvalue weighted by Gasteiger charge is 2.69. The summed E-state index contributed by atoms with van der Waals surface area (Å²) in [6, 6.07) is 0. The Morgan fingerprint density at radius 2 is 0.372 bits per heavy atom. The maximum Gasteiger partial charge on any atom is 0.236 e. The van der Waals surface area contributed by atoms with E-state index in [1.165, 1.54) is 4.90 Å². The lowest BCUT2D eigenvalue weighted by Crippen LogP contribution is -2.59. The number of ether oxygens (including phenoxy) is 15. The van der Waals surface area contributed by atoms with Crippen LogP contribution in [0.25, 0.3) is 0 Å². The second-order valence-electron chi connectivity index (χ2n) is 32.6. The number of carbonyl (C=O) groups is 6. The van der Waals surface area contributed by atoms with Gasteiger partial charge in [-0.25, -0.2) is 0 Å². The third kappa shape index (κ3) is 15.9. The molecule has 0 saturated carbocycles. The predicted molar refractivity (Wildman–Crippen MR) is 373 cm³/mol. The van der Waals surface area contributed by atoms with Crippen molar-refractivity contribution in [2.24, 2.45) is 35.5 Å². The molecule has 49 heteroatoms. The first-order valence-corrected chi connectivity index (χ1v) is 39.7. The molecule has 15 heterocycles. The lowest BCUT2D eigenvalue weighted by atomic mass is 9.77. The summed E-state index contributed by atoms with van der Waals surface area (Å²) in [6.07, 6.45) is -61.5. The van der Waals surface area contributed by atoms with Gasteiger partial charge in [-0.15, -0.1) is 0 Å². The van der Waals surface area contributed by atoms with Crippen LogP contribution in [0.1, 0.15) is 0 Å². The Kier molecular flexibility index (Phi) is 27.5. The summed E-state index contributed by atoms with van der Waals surface area (Å²) in [6.45, 7) is -11.8. The third-order valence-electron chi connectivity index (χ3n) is 26.0. The molecule has 0 radical (unpaired) electrons. The normalized spacial score (nSPS) is 47.0. The van der Waals surface area contributed by atoms with Crippen LogP contribution in [-0.2, 0) is 99.8 Å². The molecule has 6 amide bonds. The van der Waals surface area contributed by atoms with Crippen molar-refractivity contribution in [1.29, 1.82) is 0 Å². The van der Waals surface area contributed by atoms with Gasteiger partial charge in [0.15, 0.2) is 37.7 Å². The summed E-state index contributed by atoms with van der Waals surface area (Å²) in [5.74, 6) is -13.3. The molecule has 6 bridgehead atoms. The Hall–Kier alpha value is -4.96. The average Bonchev–Trinajstić information content (AvgIpc) is 1.55. The number of aliphatic hydroxyl groups excluding tert-OH is 24. The molecule has 0 spiro atoms. The second kappa shape index (κ2) is 36.7. The van der Waals surface area contributed by atoms with Crippen LogP contribution in [0, 0.1) is 35.5 Å². The minimum atomic E-state index is -1.94. The van der Waals surface area contributed by atoms with Crippen LogP contribution in [0.3, 0.4) is 0 Å². The molecule has 42 atom stereocenters. The van der Waals surface area contributed by atoms with Gasteiger partial charge in [0.05, 0.1) is 151 Å². The fourth-order valence-corrected chi connectivity index (χ4v) is 19.1. The molecular weight excluding hydrogens is 1640 g/mol. The smallest absolute Gasteiger partial charge is 0.236 e. The molecule has 12 saturated heterocycles. The van der Waals surface area contributed by atoms with Crippen molar-refractivity contribution >= 4 is 35.4 Å². The topological polar surface area (TPSA) is 739 Å². The number of hydrogen-bond acceptors (Lipinski definition) is 46. The van der Waals surface area contributed by atoms with Crippen molar-refractivity contribution in [2.75, 3.05) is 119 Å². The summed E-state index contributed by atoms with van der Waals surface area (Å²) in [5, 5.41) is 253. The first-order valence-electron chi connectivity index (χ1n) is 39.7. The zero-order chi connectivity index (χ0) is 86.8. The number of amides is 6. The van der Waals surface area contributed by atoms with Gasteiger partial charge in [0.1, 0.15) is 146 Å². The van der Waals surface area contributed by atoms with Gasteiger partial charge in [0.2, 0.25) is 35.4 Å². The van der Waals surface area contributed by atoms with Gasteiger partial charge in [-0.3, -0.25) is 48.4 Å². The van der Waals surface area contributed by atoms with E-state index in [-0.39, 0.29) is 33.4 Å². The van der Waals surface area contributed by atoms with Gasteiger partial charge < -0.3 is 194 Å². The fourth-order valence-electron chi connectivity index (χ4n) is 19.1. The van der Waals surface area contributed by atoms with Crippen LogP contribution in [0.5, 0.6) is 0 Å². The number of carbonyl (C=O) groups excluding carboxylic acids is 6. The number of nitrogens with zero attached hydrogens (tertiary/aromatic N) is 4. The van der Waals surface area contributed by atoms with Crippen LogP contribution in [-0.4, -0.2) is 517 Å². The highest BCUT2D eigenvalue weighted by Crippen LogP contribution is 2.55. The number of rotatable bonds is 33. The van der Waals surface area contributed by atoms with Gasteiger partial charge in [0.25, 0.3) is 0 Å². The SMILES string of the molecule is O=C1C2C3OC(C(CO[C@@H]4OC(CO)[C@H](O)[C@H](O)C4O)=C3CO[C@@H]3OC(CO)[C@H](O)[C@H](O)C3O)C2C(=O)N1CCN(CCN1C(=O)C2C3OC(C(CO[C@@H]4OC(CO)[C@H](O)[C@H](O)C4O)=C3CO[C@@H]3OC(CO)[C@H](O)[C@H](O)C3O)C2C1=O)CCN1C(=O)C2C3OC(C(CO[C@@H]4OC(CO)[C@H](O)[C@H](O)C4O)=C3CO[C@@H]3OC(CO)[C@H](O)[C@H](O)C3O)C2C1=O. The molecule has 15 rings (SSSR count). The summed E-state index contributed by atoms with van der Waals surface area (Å²) >= 11 is 0. The average molecular weight is 1740 g/mol. The van der Waals surface area contributed by atoms with Crippen molar-refractivity contribution in [1.82, 2.24) is 19.6 Å². The van der Waals surface area contributed by atoms with E-state index in [2.05, 4.69) is 0 Å². The van der Waals surface area contributed by atoms with Gasteiger partial charge in [-0.2, -0.15) is 0 Å². The number of fused-ring (bicyclic) bond motifs is 15. The predicted octanol–water partition coefficient (Wildman–Crippen LogP) is -18.8. The van der Waals surface area contributed by atoms with Crippen molar-refractivity contribution in [3.63, 3.8) is 0 Å². The molecule has 12 fully saturated rings. The summed E-state index contributed by atoms with van der Waals surface area (Å²) in [5.41, 5.74) is 0.493. The Balaban J connectivity index is 0.698. The molecule has 121 heavy (non-hydrogen) atoms. The van der Waals surface area contributed by atoms with E-state index in [4.69, 9.17) is 71.1 Å². The van der Waals surface area contributed by atoms with Crippen molar-refractivity contribution in [3.8, 4) is 0 Å². The Morgan fingerprint density at radius 3 is 0.512 bits per heavy atom. The highest BCUT2D eigenvalue weighted by atomic mass is 16.7. The molecule has 680 valence electrons. The van der Waals surface area contributed by atoms with Crippen LogP contribution < -0.4 is 0 Å². The molecule has 0 aromatic heterocycles. The number of likely N-dealkylation sites (tertiary alicyclic amines) is 3. The summed E-state index contributed by atoms with van der Waals surface area (Å²) in [4.78, 5) is 94.9. The van der Waals surface area contributed by atoms with Crippen molar-refractivity contribution < 1.29 is 222 Å². The van der Waals surface area contributed by atoms with E-state index >= 15 is 28.8 Å². The molecule has 0 aromatic rings. The van der Waals surface area contributed by atoms with Gasteiger partial charge >= 0.3 is 0 Å². The quantitative estimate of drug-likeness (QED) is 0.0214. The molecule has 0 aliphatic carbocycles. The van der Waals surface area contributed by atoms with E-state index in [1.54, 1.807) is 0 Å². The summed E-state index contributed by atoms with van der Waals surface area (Å²) < 4.78 is 88.1. The minimum absolute atomic E-state index is 0.0822. The van der Waals surface area contributed by atoms with Crippen LogP contribution in [0.15, 0.2) is 33.4 Å². The molecule has 24 unspecified atom stereocenters. The maximum absolute atomic E-state index is 15.1. The molecule has 49 nitrogen and oxygen atoms in total. The van der Waals surface area contributed by atoms with E-state index in [0.717, 1.165) is 14.7 Å². The van der Waals surface area contributed by atoms with Crippen LogP contribution in [0.2, 0.25) is 0 Å². The van der Waals surface area contributed by atoms with Gasteiger partial charge in [0, 0.05) is 39.3 Å². The fraction of sp³-hybridized carbons (Fsp3) is 0.833. The molecule has 24 N–H and O–H groups in total. The maximum atomic E-state index is 15.1. The highest BCUT2D eigenvalue weighted by molar-refractivity contribution is 6.08. The van der Waals surface area contributed by atoms with Crippen LogP contribution >= 0.6 is 0 Å². The first kappa shape index (κ1) is 90.8. The lowest BCUT2D eigenvalue weighted by Gasteiger charge is -2.40. The van der Waals surface area contributed by atoms with E-state index in [9.17, 15) is 123 Å². The zero-order valence-corrected chi connectivity index (χ0v) is 64.1. The van der Waals surface area contributed by atoms with E-state index in [1.807, 2.05) is 0 Å². The monoisotopic (exact) mass is 1740 g/mol. The second-order valence-corrected chi connectivity index (χ2v) is 32.6. The Labute approximate surface area is 683 Å². The van der Waals surface area contributed by atoms with Crippen molar-refractivity contribution in [3.05, 3.63) is 33.4 Å². The Morgan fingerprint density at radius 1 is 0.223 bits per heavy atom. The van der Waals surface area contributed by atoms with E-state index < -0.39 is 410 Å². The zero-order valence-electron chi connectivity index (χ0n) is 64.1. The first-order chi connectivity index (χ1) is 57.7. The van der Waals surface area contributed by atoms with E-state index in [0.29, 0.717) is 0 Å². The third-order valence-corrected chi connectivity index (χ3v) is 26.0. The largest absolute Gasteiger partial charge is 0.394 e. The van der Waals surface area contributed by atoms with Gasteiger partial charge in [-0.05, 0) is 33.4 Å². The van der Waals surface area contributed by atoms with Crippen molar-refractivity contribution in [2.45, 2.75) is 221 Å². The summed E-state index contributed by atoms with van der Waals surface area (Å²) in [7, 11) is 0. The number of hydrogen-bond donors (Lipinski definition) is 24. The molecule has 15 aliphatic heterocycles. The number of aliphatic hydroxyl groups is 24. The minimum Gasteiger partial charge on any atom is -0.394 e. The van der Waals surface area contributed by atoms with Gasteiger partial charge in [-0.1, -0.05) is 0 Å². The molecular formula is C72H102N4O45. The Bertz CT molecular complexity index is 3270. The molecule has 0 aromatic carbocycles. The standard InChI is InChI=1S/C72H102N4O45/c77-7-25-37(83)43(89)49(95)67(113-25)107-13-19-20(14-108-68-50(96)44(90)38(84)26(8-78)114-68)56-32-31(55(19)119-56)61(101)74(62(32)102)4-1-73(2-5-75-63(103)33-34(64(75)104)58-22(16-110-70-52(98)46(92)40(86)28(10-80)116-70)21(57(33)120-58)15-109-69-51(97)45(91)39(85)27(9-79)115-69)3-6-76-65(105)35-36(66(76)106)60-24(18-112-72-54(100)48(94)42(88)30(12-82)118-72)23(59(35)121-60)17-111-71-53(99)47(93)41(87)29(11-81)117-71/h25-60,67-72,77-100H,1-18H2/t25?,26?,27?,28?,29?,30?,31?,32?,33?,34?,35?,36?,37-,38-,39-,40-,41-,42-,43-,44-,45-,46-,47-,48-,49?,50?,51?,52?,53?,54?,55?,56?,57?,58?,59?,60?,67+,68+,69+,70+,71+,72+/m0/s1.